The van der Waals surface area contributed by atoms with Crippen molar-refractivity contribution in [2.24, 2.45) is 0 Å². The zero-order valence-corrected chi connectivity index (χ0v) is 13.6. The van der Waals surface area contributed by atoms with E-state index in [-0.39, 0.29) is 18.5 Å². The third kappa shape index (κ3) is 3.24. The molecule has 1 atom stereocenters. The molecule has 1 saturated heterocycles. The standard InChI is InChI=1S/C19H17F2NO3/c1-12-2-4-13(5-3-12)14-6-7-15(16(20)10-14)17(23)22-9-8-19(21,11-22)18(24)25/h2-7,10H,8-9,11H2,1H3,(H,24,25). The zero-order valence-electron chi connectivity index (χ0n) is 13.6. The minimum atomic E-state index is -2.46. The molecule has 1 amide bonds. The summed E-state index contributed by atoms with van der Waals surface area (Å²) < 4.78 is 28.5. The topological polar surface area (TPSA) is 57.6 Å². The Hall–Kier alpha value is -2.76. The van der Waals surface area contributed by atoms with E-state index in [0.717, 1.165) is 16.0 Å². The SMILES string of the molecule is Cc1ccc(-c2ccc(C(=O)N3CCC(F)(C(=O)O)C3)c(F)c2)cc1. The molecule has 6 heteroatoms. The summed E-state index contributed by atoms with van der Waals surface area (Å²) in [6.07, 6.45) is -0.295. The molecule has 3 rings (SSSR count). The minimum absolute atomic E-state index is 0.0548. The van der Waals surface area contributed by atoms with Gasteiger partial charge < -0.3 is 10.0 Å². The van der Waals surface area contributed by atoms with Gasteiger partial charge in [-0.2, -0.15) is 0 Å². The monoisotopic (exact) mass is 345 g/mol. The van der Waals surface area contributed by atoms with Crippen molar-refractivity contribution in [1.82, 2.24) is 4.90 Å². The lowest BCUT2D eigenvalue weighted by Gasteiger charge is -2.18. The molecule has 0 bridgehead atoms. The second kappa shape index (κ2) is 6.27. The molecule has 0 saturated carbocycles. The van der Waals surface area contributed by atoms with Crippen LogP contribution in [0.5, 0.6) is 0 Å². The van der Waals surface area contributed by atoms with Crippen LogP contribution in [0.4, 0.5) is 8.78 Å². The van der Waals surface area contributed by atoms with E-state index in [9.17, 15) is 18.4 Å². The number of carbonyl (C=O) groups is 2. The number of hydrogen-bond donors (Lipinski definition) is 1. The molecule has 0 radical (unpaired) electrons. The fourth-order valence-corrected chi connectivity index (χ4v) is 2.91. The van der Waals surface area contributed by atoms with Crippen molar-refractivity contribution in [2.75, 3.05) is 13.1 Å². The Morgan fingerprint density at radius 2 is 1.76 bits per heavy atom. The van der Waals surface area contributed by atoms with Gasteiger partial charge in [-0.1, -0.05) is 35.9 Å². The van der Waals surface area contributed by atoms with E-state index in [0.29, 0.717) is 5.56 Å². The number of hydrogen-bond acceptors (Lipinski definition) is 2. The number of benzene rings is 2. The minimum Gasteiger partial charge on any atom is -0.479 e. The van der Waals surface area contributed by atoms with E-state index in [1.807, 2.05) is 31.2 Å². The summed E-state index contributed by atoms with van der Waals surface area (Å²) in [5, 5.41) is 8.89. The lowest BCUT2D eigenvalue weighted by Crippen LogP contribution is -2.39. The highest BCUT2D eigenvalue weighted by Crippen LogP contribution is 2.29. The summed E-state index contributed by atoms with van der Waals surface area (Å²) in [5.74, 6) is -3.01. The van der Waals surface area contributed by atoms with E-state index in [1.165, 1.54) is 12.1 Å². The fourth-order valence-electron chi connectivity index (χ4n) is 2.91. The summed E-state index contributed by atoms with van der Waals surface area (Å²) in [7, 11) is 0. The molecule has 0 aromatic heterocycles. The van der Waals surface area contributed by atoms with Crippen LogP contribution in [0, 0.1) is 12.7 Å². The average molecular weight is 345 g/mol. The van der Waals surface area contributed by atoms with Crippen LogP contribution in [-0.4, -0.2) is 40.6 Å². The lowest BCUT2D eigenvalue weighted by atomic mass is 10.0. The van der Waals surface area contributed by atoms with Crippen LogP contribution in [0.1, 0.15) is 22.3 Å². The van der Waals surface area contributed by atoms with Gasteiger partial charge in [-0.25, -0.2) is 13.6 Å². The number of carboxylic acids is 1. The van der Waals surface area contributed by atoms with Gasteiger partial charge in [0.1, 0.15) is 5.82 Å². The zero-order chi connectivity index (χ0) is 18.2. The number of aryl methyl sites for hydroxylation is 1. The Kier molecular flexibility index (Phi) is 4.29. The van der Waals surface area contributed by atoms with Gasteiger partial charge in [-0.05, 0) is 30.2 Å². The first kappa shape index (κ1) is 17.1. The van der Waals surface area contributed by atoms with Gasteiger partial charge in [0.15, 0.2) is 0 Å². The van der Waals surface area contributed by atoms with Gasteiger partial charge in [-0.3, -0.25) is 4.79 Å². The van der Waals surface area contributed by atoms with Crippen LogP contribution in [0.2, 0.25) is 0 Å². The van der Waals surface area contributed by atoms with Crippen LogP contribution in [0.25, 0.3) is 11.1 Å². The van der Waals surface area contributed by atoms with Gasteiger partial charge in [0.05, 0.1) is 12.1 Å². The fraction of sp³-hybridized carbons (Fsp3) is 0.263. The van der Waals surface area contributed by atoms with Crippen LogP contribution in [0.3, 0.4) is 0 Å². The maximum atomic E-state index is 14.4. The van der Waals surface area contributed by atoms with Crippen molar-refractivity contribution < 1.29 is 23.5 Å². The average Bonchev–Trinajstić information content (AvgIpc) is 2.99. The van der Waals surface area contributed by atoms with Crippen LogP contribution in [0.15, 0.2) is 42.5 Å². The molecule has 25 heavy (non-hydrogen) atoms. The number of carboxylic acid groups (broad SMARTS) is 1. The van der Waals surface area contributed by atoms with E-state index in [1.54, 1.807) is 6.07 Å². The molecule has 1 N–H and O–H groups in total. The molecule has 1 fully saturated rings. The summed E-state index contributed by atoms with van der Waals surface area (Å²) in [6, 6.07) is 11.8. The molecule has 1 unspecified atom stereocenters. The highest BCUT2D eigenvalue weighted by atomic mass is 19.1. The van der Waals surface area contributed by atoms with Crippen LogP contribution < -0.4 is 0 Å². The molecular formula is C19H17F2NO3. The molecule has 1 aliphatic heterocycles. The summed E-state index contributed by atoms with van der Waals surface area (Å²) >= 11 is 0. The van der Waals surface area contributed by atoms with Crippen molar-refractivity contribution >= 4 is 11.9 Å². The van der Waals surface area contributed by atoms with Gasteiger partial charge in [0.25, 0.3) is 5.91 Å². The number of nitrogens with zero attached hydrogens (tertiary/aromatic N) is 1. The number of amides is 1. The van der Waals surface area contributed by atoms with Crippen molar-refractivity contribution in [3.05, 3.63) is 59.4 Å². The third-order valence-electron chi connectivity index (χ3n) is 4.47. The second-order valence-corrected chi connectivity index (χ2v) is 6.31. The van der Waals surface area contributed by atoms with E-state index in [4.69, 9.17) is 5.11 Å². The molecule has 4 nitrogen and oxygen atoms in total. The Morgan fingerprint density at radius 3 is 2.32 bits per heavy atom. The normalized spacial score (nSPS) is 19.9. The van der Waals surface area contributed by atoms with E-state index in [2.05, 4.69) is 0 Å². The first-order valence-corrected chi connectivity index (χ1v) is 7.88. The Bertz CT molecular complexity index is 835. The maximum absolute atomic E-state index is 14.4. The molecule has 0 aliphatic carbocycles. The lowest BCUT2D eigenvalue weighted by molar-refractivity contribution is -0.149. The van der Waals surface area contributed by atoms with E-state index < -0.39 is 29.9 Å². The van der Waals surface area contributed by atoms with E-state index >= 15 is 0 Å². The molecular weight excluding hydrogens is 328 g/mol. The Morgan fingerprint density at radius 1 is 1.12 bits per heavy atom. The smallest absolute Gasteiger partial charge is 0.343 e. The highest BCUT2D eigenvalue weighted by molar-refractivity contribution is 5.96. The molecule has 2 aromatic rings. The molecule has 130 valence electrons. The molecule has 1 heterocycles. The van der Waals surface area contributed by atoms with Crippen LogP contribution >= 0.6 is 0 Å². The first-order chi connectivity index (χ1) is 11.8. The van der Waals surface area contributed by atoms with Crippen molar-refractivity contribution in [3.63, 3.8) is 0 Å². The molecule has 1 aliphatic rings. The number of aliphatic carboxylic acids is 1. The van der Waals surface area contributed by atoms with Gasteiger partial charge in [-0.15, -0.1) is 0 Å². The summed E-state index contributed by atoms with van der Waals surface area (Å²) in [5.41, 5.74) is -0.128. The number of carbonyl (C=O) groups excluding carboxylic acids is 1. The predicted molar refractivity (Wildman–Crippen MR) is 88.6 cm³/mol. The number of halogens is 2. The number of rotatable bonds is 3. The summed E-state index contributed by atoms with van der Waals surface area (Å²) in [4.78, 5) is 24.4. The third-order valence-corrected chi connectivity index (χ3v) is 4.47. The van der Waals surface area contributed by atoms with Gasteiger partial charge in [0.2, 0.25) is 5.67 Å². The predicted octanol–water partition coefficient (Wildman–Crippen LogP) is 3.44. The van der Waals surface area contributed by atoms with Crippen molar-refractivity contribution in [2.45, 2.75) is 19.0 Å². The largest absolute Gasteiger partial charge is 0.479 e. The molecule has 2 aromatic carbocycles. The van der Waals surface area contributed by atoms with Crippen LogP contribution in [-0.2, 0) is 4.79 Å². The molecule has 0 spiro atoms. The number of likely N-dealkylation sites (tertiary alicyclic amines) is 1. The number of alkyl halides is 1. The quantitative estimate of drug-likeness (QED) is 0.927. The first-order valence-electron chi connectivity index (χ1n) is 7.88. The highest BCUT2D eigenvalue weighted by Gasteiger charge is 2.47. The summed E-state index contributed by atoms with van der Waals surface area (Å²) in [6.45, 7) is 1.32. The Balaban J connectivity index is 1.83. The van der Waals surface area contributed by atoms with Crippen molar-refractivity contribution in [3.8, 4) is 11.1 Å². The van der Waals surface area contributed by atoms with Crippen molar-refractivity contribution in [1.29, 1.82) is 0 Å². The maximum Gasteiger partial charge on any atom is 0.343 e. The van der Waals surface area contributed by atoms with Gasteiger partial charge in [0, 0.05) is 13.0 Å². The van der Waals surface area contributed by atoms with Gasteiger partial charge >= 0.3 is 5.97 Å². The second-order valence-electron chi connectivity index (χ2n) is 6.31. The Labute approximate surface area is 143 Å².